The fourth-order valence-electron chi connectivity index (χ4n) is 5.74. The van der Waals surface area contributed by atoms with E-state index in [1.807, 2.05) is 24.3 Å². The van der Waals surface area contributed by atoms with Gasteiger partial charge in [0.05, 0.1) is 21.6 Å². The zero-order chi connectivity index (χ0) is 21.0. The number of alkyl halides is 2. The molecule has 4 unspecified atom stereocenters. The smallest absolute Gasteiger partial charge is 0.156 e. The third-order valence-electron chi connectivity index (χ3n) is 7.33. The minimum Gasteiger partial charge on any atom is -0.298 e. The second-order valence-electron chi connectivity index (χ2n) is 8.88. The van der Waals surface area contributed by atoms with Gasteiger partial charge in [-0.25, -0.2) is 0 Å². The lowest BCUT2D eigenvalue weighted by atomic mass is 9.58. The van der Waals surface area contributed by atoms with E-state index in [1.54, 1.807) is 24.8 Å². The summed E-state index contributed by atoms with van der Waals surface area (Å²) in [6.45, 7) is 0. The van der Waals surface area contributed by atoms with Crippen molar-refractivity contribution in [3.63, 3.8) is 0 Å². The summed E-state index contributed by atoms with van der Waals surface area (Å²) in [6.07, 6.45) is 16.7. The van der Waals surface area contributed by atoms with Gasteiger partial charge in [-0.3, -0.25) is 14.8 Å². The predicted molar refractivity (Wildman–Crippen MR) is 122 cm³/mol. The molecular formula is C25H30Cl2N2O. The van der Waals surface area contributed by atoms with E-state index in [2.05, 4.69) is 9.97 Å². The molecule has 0 aliphatic heterocycles. The van der Waals surface area contributed by atoms with Crippen LogP contribution in [0.25, 0.3) is 0 Å². The van der Waals surface area contributed by atoms with Crippen LogP contribution in [0, 0.1) is 0 Å². The molecule has 0 aromatic carbocycles. The Morgan fingerprint density at radius 3 is 1.50 bits per heavy atom. The number of hydrogen-bond donors (Lipinski definition) is 0. The van der Waals surface area contributed by atoms with E-state index < -0.39 is 10.8 Å². The Bertz CT molecular complexity index is 777. The normalized spacial score (nSPS) is 32.7. The maximum absolute atomic E-state index is 14.9. The minimum atomic E-state index is -0.748. The summed E-state index contributed by atoms with van der Waals surface area (Å²) in [7, 11) is 0. The lowest BCUT2D eigenvalue weighted by Gasteiger charge is -2.46. The highest BCUT2D eigenvalue weighted by molar-refractivity contribution is 6.27. The van der Waals surface area contributed by atoms with E-state index in [1.165, 1.54) is 0 Å². The van der Waals surface area contributed by atoms with E-state index in [9.17, 15) is 4.79 Å². The summed E-state index contributed by atoms with van der Waals surface area (Å²) in [5.74, 6) is 0.205. The molecule has 2 aliphatic carbocycles. The second-order valence-corrected chi connectivity index (χ2v) is 9.93. The quantitative estimate of drug-likeness (QED) is 0.406. The largest absolute Gasteiger partial charge is 0.298 e. The first-order valence-corrected chi connectivity index (χ1v) is 12.1. The fraction of sp³-hybridized carbons (Fsp3) is 0.560. The number of carbonyl (C=O) groups is 1. The molecule has 0 saturated heterocycles. The molecule has 3 nitrogen and oxygen atoms in total. The van der Waals surface area contributed by atoms with E-state index in [0.717, 1.165) is 75.3 Å². The Morgan fingerprint density at radius 2 is 1.10 bits per heavy atom. The molecule has 160 valence electrons. The van der Waals surface area contributed by atoms with Gasteiger partial charge in [-0.05, 0) is 61.1 Å². The molecule has 0 radical (unpaired) electrons. The van der Waals surface area contributed by atoms with Crippen LogP contribution in [0.2, 0.25) is 0 Å². The van der Waals surface area contributed by atoms with Crippen molar-refractivity contribution in [2.24, 2.45) is 0 Å². The number of ketones is 1. The summed E-state index contributed by atoms with van der Waals surface area (Å²) < 4.78 is 0. The minimum absolute atomic E-state index is 0.205. The molecule has 2 saturated carbocycles. The van der Waals surface area contributed by atoms with E-state index in [-0.39, 0.29) is 16.5 Å². The Hall–Kier alpha value is -1.45. The average molecular weight is 445 g/mol. The van der Waals surface area contributed by atoms with Gasteiger partial charge in [0, 0.05) is 24.8 Å². The van der Waals surface area contributed by atoms with E-state index in [4.69, 9.17) is 23.2 Å². The molecule has 30 heavy (non-hydrogen) atoms. The molecule has 5 heteroatoms. The Kier molecular flexibility index (Phi) is 6.79. The van der Waals surface area contributed by atoms with Crippen molar-refractivity contribution in [1.29, 1.82) is 0 Å². The maximum Gasteiger partial charge on any atom is 0.156 e. The van der Waals surface area contributed by atoms with Crippen LogP contribution < -0.4 is 0 Å². The zero-order valence-corrected chi connectivity index (χ0v) is 18.9. The first kappa shape index (κ1) is 21.8. The van der Waals surface area contributed by atoms with Crippen molar-refractivity contribution >= 4 is 29.0 Å². The Balaban J connectivity index is 1.93. The van der Waals surface area contributed by atoms with Gasteiger partial charge in [-0.2, -0.15) is 0 Å². The summed E-state index contributed by atoms with van der Waals surface area (Å²) in [6, 6.07) is 7.94. The van der Waals surface area contributed by atoms with Crippen LogP contribution in [0.3, 0.4) is 0 Å². The third kappa shape index (κ3) is 3.69. The van der Waals surface area contributed by atoms with Crippen LogP contribution in [0.5, 0.6) is 0 Å². The lowest BCUT2D eigenvalue weighted by Crippen LogP contribution is -2.56. The van der Waals surface area contributed by atoms with Crippen LogP contribution in [-0.4, -0.2) is 26.5 Å². The molecule has 0 spiro atoms. The van der Waals surface area contributed by atoms with Gasteiger partial charge in [0.2, 0.25) is 0 Å². The van der Waals surface area contributed by atoms with E-state index >= 15 is 0 Å². The molecular weight excluding hydrogens is 415 g/mol. The van der Waals surface area contributed by atoms with Crippen molar-refractivity contribution in [3.05, 3.63) is 60.2 Å². The number of halogens is 2. The maximum atomic E-state index is 14.9. The molecule has 4 rings (SSSR count). The van der Waals surface area contributed by atoms with Gasteiger partial charge in [0.15, 0.2) is 5.78 Å². The van der Waals surface area contributed by atoms with Crippen LogP contribution >= 0.6 is 23.2 Å². The van der Waals surface area contributed by atoms with Crippen LogP contribution in [0.1, 0.15) is 75.3 Å². The van der Waals surface area contributed by atoms with Crippen molar-refractivity contribution in [2.45, 2.75) is 85.8 Å². The molecule has 4 atom stereocenters. The van der Waals surface area contributed by atoms with Gasteiger partial charge < -0.3 is 0 Å². The number of hydrogen-bond acceptors (Lipinski definition) is 3. The summed E-state index contributed by atoms with van der Waals surface area (Å²) >= 11 is 14.3. The van der Waals surface area contributed by atoms with Crippen molar-refractivity contribution in [1.82, 2.24) is 9.97 Å². The monoisotopic (exact) mass is 444 g/mol. The zero-order valence-electron chi connectivity index (χ0n) is 17.4. The van der Waals surface area contributed by atoms with Gasteiger partial charge in [0.25, 0.3) is 0 Å². The summed E-state index contributed by atoms with van der Waals surface area (Å²) in [4.78, 5) is 23.3. The highest BCUT2D eigenvalue weighted by Crippen LogP contribution is 2.52. The van der Waals surface area contributed by atoms with Crippen LogP contribution in [0.15, 0.2) is 49.1 Å². The summed E-state index contributed by atoms with van der Waals surface area (Å²) in [5.41, 5.74) is 0.487. The van der Waals surface area contributed by atoms with Crippen LogP contribution in [0.4, 0.5) is 0 Å². The molecule has 2 aromatic rings. The number of nitrogens with zero attached hydrogens (tertiary/aromatic N) is 2. The highest BCUT2D eigenvalue weighted by Gasteiger charge is 2.57. The highest BCUT2D eigenvalue weighted by atomic mass is 35.5. The number of rotatable bonds is 4. The molecule has 0 bridgehead atoms. The molecule has 2 fully saturated rings. The van der Waals surface area contributed by atoms with Crippen molar-refractivity contribution in [2.75, 3.05) is 0 Å². The van der Waals surface area contributed by atoms with E-state index in [0.29, 0.717) is 0 Å². The Morgan fingerprint density at radius 1 is 0.700 bits per heavy atom. The van der Waals surface area contributed by atoms with Gasteiger partial charge in [0.1, 0.15) is 0 Å². The molecule has 2 heterocycles. The van der Waals surface area contributed by atoms with Crippen molar-refractivity contribution < 1.29 is 4.79 Å². The average Bonchev–Trinajstić information content (AvgIpc) is 3.11. The Labute approximate surface area is 189 Å². The molecule has 0 amide bonds. The van der Waals surface area contributed by atoms with Crippen LogP contribution in [-0.2, 0) is 15.6 Å². The number of pyridine rings is 2. The SMILES string of the molecule is O=C(C1(c2ccncc2)CCCCCC1Cl)C1(c2ccncc2)CCCCCC1Cl. The van der Waals surface area contributed by atoms with Gasteiger partial charge >= 0.3 is 0 Å². The number of aromatic nitrogens is 2. The standard InChI is InChI=1S/C25H30Cl2N2O/c26-21-7-3-1-5-13-24(21,19-9-15-28-16-10-19)23(30)25(20-11-17-29-18-12-20)14-6-2-4-8-22(25)27/h9-12,15-18,21-22H,1-8,13-14H2. The third-order valence-corrected chi connectivity index (χ3v) is 8.51. The number of Topliss-reactive ketones (excluding diaryl/α,β-unsaturated/α-hetero) is 1. The topological polar surface area (TPSA) is 42.9 Å². The first-order chi connectivity index (χ1) is 14.6. The fourth-order valence-corrected chi connectivity index (χ4v) is 6.71. The second kappa shape index (κ2) is 9.36. The summed E-state index contributed by atoms with van der Waals surface area (Å²) in [5, 5.41) is -0.499. The number of carbonyl (C=O) groups excluding carboxylic acids is 1. The predicted octanol–water partition coefficient (Wildman–Crippen LogP) is 6.36. The van der Waals surface area contributed by atoms with Gasteiger partial charge in [-0.1, -0.05) is 38.5 Å². The molecule has 0 N–H and O–H groups in total. The molecule has 2 aliphatic rings. The molecule has 2 aromatic heterocycles. The van der Waals surface area contributed by atoms with Crippen molar-refractivity contribution in [3.8, 4) is 0 Å². The first-order valence-electron chi connectivity index (χ1n) is 11.3. The lowest BCUT2D eigenvalue weighted by molar-refractivity contribution is -0.131. The van der Waals surface area contributed by atoms with Gasteiger partial charge in [-0.15, -0.1) is 23.2 Å².